The summed E-state index contributed by atoms with van der Waals surface area (Å²) in [5.74, 6) is 0.0839. The van der Waals surface area contributed by atoms with Crippen molar-refractivity contribution in [3.8, 4) is 22.6 Å². The highest BCUT2D eigenvalue weighted by Crippen LogP contribution is 2.33. The molecule has 0 atom stereocenters. The summed E-state index contributed by atoms with van der Waals surface area (Å²) >= 11 is 6.29. The Balaban J connectivity index is 1.82. The number of halogens is 1. The van der Waals surface area contributed by atoms with Gasteiger partial charge in [-0.05, 0) is 47.5 Å². The van der Waals surface area contributed by atoms with Gasteiger partial charge in [-0.25, -0.2) is 4.79 Å². The molecule has 0 saturated carbocycles. The van der Waals surface area contributed by atoms with E-state index >= 15 is 0 Å². The van der Waals surface area contributed by atoms with Gasteiger partial charge in [-0.15, -0.1) is 0 Å². The molecule has 3 rings (SSSR count). The molecule has 4 heteroatoms. The van der Waals surface area contributed by atoms with E-state index in [9.17, 15) is 4.79 Å². The fourth-order valence-electron chi connectivity index (χ4n) is 2.19. The van der Waals surface area contributed by atoms with Crippen molar-refractivity contribution in [2.45, 2.75) is 0 Å². The Bertz CT molecular complexity index is 827. The molecule has 23 heavy (non-hydrogen) atoms. The number of hydrogen-bond donors (Lipinski definition) is 1. The fraction of sp³-hybridized carbons (Fsp3) is 0. The van der Waals surface area contributed by atoms with E-state index in [4.69, 9.17) is 21.4 Å². The Morgan fingerprint density at radius 3 is 2.17 bits per heavy atom. The third-order valence-electron chi connectivity index (χ3n) is 3.37. The number of benzene rings is 3. The van der Waals surface area contributed by atoms with Crippen LogP contribution in [0.15, 0.2) is 72.8 Å². The lowest BCUT2D eigenvalue weighted by atomic mass is 10.1. The molecule has 1 N–H and O–H groups in total. The van der Waals surface area contributed by atoms with Gasteiger partial charge in [0.1, 0.15) is 11.5 Å². The van der Waals surface area contributed by atoms with Crippen molar-refractivity contribution in [3.63, 3.8) is 0 Å². The van der Waals surface area contributed by atoms with Gasteiger partial charge in [0.25, 0.3) is 0 Å². The molecular weight excluding hydrogens is 312 g/mol. The van der Waals surface area contributed by atoms with Crippen LogP contribution in [-0.2, 0) is 0 Å². The van der Waals surface area contributed by atoms with Crippen LogP contribution in [0.4, 0.5) is 0 Å². The predicted molar refractivity (Wildman–Crippen MR) is 90.4 cm³/mol. The molecule has 3 aromatic rings. The van der Waals surface area contributed by atoms with Gasteiger partial charge in [-0.3, -0.25) is 0 Å². The second kappa shape index (κ2) is 6.55. The number of carboxylic acids is 1. The second-order valence-corrected chi connectivity index (χ2v) is 5.35. The van der Waals surface area contributed by atoms with Crippen LogP contribution < -0.4 is 4.74 Å². The van der Waals surface area contributed by atoms with E-state index in [2.05, 4.69) is 0 Å². The maximum atomic E-state index is 10.8. The zero-order valence-corrected chi connectivity index (χ0v) is 12.8. The summed E-state index contributed by atoms with van der Waals surface area (Å²) in [6.07, 6.45) is 0. The van der Waals surface area contributed by atoms with Gasteiger partial charge in [-0.1, -0.05) is 48.0 Å². The lowest BCUT2D eigenvalue weighted by Gasteiger charge is -2.09. The molecule has 0 unspecified atom stereocenters. The average Bonchev–Trinajstić information content (AvgIpc) is 2.58. The Hall–Kier alpha value is -2.78. The fourth-order valence-corrected chi connectivity index (χ4v) is 2.41. The van der Waals surface area contributed by atoms with Gasteiger partial charge in [-0.2, -0.15) is 0 Å². The topological polar surface area (TPSA) is 46.5 Å². The lowest BCUT2D eigenvalue weighted by Crippen LogP contribution is -1.95. The van der Waals surface area contributed by atoms with E-state index in [-0.39, 0.29) is 5.56 Å². The highest BCUT2D eigenvalue weighted by atomic mass is 35.5. The molecule has 0 spiro atoms. The normalized spacial score (nSPS) is 10.3. The van der Waals surface area contributed by atoms with Gasteiger partial charge >= 0.3 is 5.97 Å². The Kier molecular flexibility index (Phi) is 4.31. The first kappa shape index (κ1) is 15.1. The standard InChI is InChI=1S/C19H13ClO3/c20-17-12-15(13-4-2-1-3-5-13)8-11-18(17)23-16-9-6-14(7-10-16)19(21)22/h1-12H,(H,21,22). The summed E-state index contributed by atoms with van der Waals surface area (Å²) in [7, 11) is 0. The van der Waals surface area contributed by atoms with Crippen LogP contribution in [-0.4, -0.2) is 11.1 Å². The van der Waals surface area contributed by atoms with Crippen molar-refractivity contribution in [1.29, 1.82) is 0 Å². The van der Waals surface area contributed by atoms with Crippen LogP contribution in [0.2, 0.25) is 5.02 Å². The largest absolute Gasteiger partial charge is 0.478 e. The second-order valence-electron chi connectivity index (χ2n) is 4.94. The number of hydrogen-bond acceptors (Lipinski definition) is 2. The van der Waals surface area contributed by atoms with Crippen molar-refractivity contribution in [2.24, 2.45) is 0 Å². The highest BCUT2D eigenvalue weighted by molar-refractivity contribution is 6.32. The zero-order chi connectivity index (χ0) is 16.2. The third kappa shape index (κ3) is 3.52. The van der Waals surface area contributed by atoms with Gasteiger partial charge in [0, 0.05) is 0 Å². The summed E-state index contributed by atoms with van der Waals surface area (Å²) in [4.78, 5) is 10.8. The smallest absolute Gasteiger partial charge is 0.335 e. The highest BCUT2D eigenvalue weighted by Gasteiger charge is 2.07. The monoisotopic (exact) mass is 324 g/mol. The first-order valence-corrected chi connectivity index (χ1v) is 7.37. The van der Waals surface area contributed by atoms with Crippen LogP contribution in [0.1, 0.15) is 10.4 Å². The van der Waals surface area contributed by atoms with E-state index in [0.29, 0.717) is 16.5 Å². The van der Waals surface area contributed by atoms with E-state index in [1.807, 2.05) is 42.5 Å². The SMILES string of the molecule is O=C(O)c1ccc(Oc2ccc(-c3ccccc3)cc2Cl)cc1. The maximum absolute atomic E-state index is 10.8. The molecule has 114 valence electrons. The molecular formula is C19H13ClO3. The number of aromatic carboxylic acids is 1. The van der Waals surface area contributed by atoms with Crippen LogP contribution in [0.25, 0.3) is 11.1 Å². The van der Waals surface area contributed by atoms with Crippen molar-refractivity contribution in [2.75, 3.05) is 0 Å². The summed E-state index contributed by atoms with van der Waals surface area (Å²) in [6.45, 7) is 0. The molecule has 3 aromatic carbocycles. The molecule has 0 fully saturated rings. The number of carboxylic acid groups (broad SMARTS) is 1. The van der Waals surface area contributed by atoms with Crippen LogP contribution in [0.5, 0.6) is 11.5 Å². The zero-order valence-electron chi connectivity index (χ0n) is 12.1. The molecule has 0 aliphatic rings. The number of rotatable bonds is 4. The molecule has 0 aliphatic carbocycles. The minimum Gasteiger partial charge on any atom is -0.478 e. The Morgan fingerprint density at radius 2 is 1.57 bits per heavy atom. The van der Waals surface area contributed by atoms with E-state index < -0.39 is 5.97 Å². The Morgan fingerprint density at radius 1 is 0.870 bits per heavy atom. The molecule has 0 radical (unpaired) electrons. The van der Waals surface area contributed by atoms with Crippen molar-refractivity contribution in [3.05, 3.63) is 83.4 Å². The minimum absolute atomic E-state index is 0.211. The molecule has 0 amide bonds. The van der Waals surface area contributed by atoms with Crippen molar-refractivity contribution < 1.29 is 14.6 Å². The quantitative estimate of drug-likeness (QED) is 0.689. The minimum atomic E-state index is -0.971. The van der Waals surface area contributed by atoms with Crippen LogP contribution in [0.3, 0.4) is 0 Å². The number of carbonyl (C=O) groups is 1. The van der Waals surface area contributed by atoms with Gasteiger partial charge < -0.3 is 9.84 Å². The predicted octanol–water partition coefficient (Wildman–Crippen LogP) is 5.50. The van der Waals surface area contributed by atoms with Crippen LogP contribution in [0, 0.1) is 0 Å². The first-order chi connectivity index (χ1) is 11.1. The molecule has 0 heterocycles. The Labute approximate surface area is 138 Å². The molecule has 0 saturated heterocycles. The molecule has 0 bridgehead atoms. The maximum Gasteiger partial charge on any atom is 0.335 e. The van der Waals surface area contributed by atoms with E-state index in [1.54, 1.807) is 18.2 Å². The van der Waals surface area contributed by atoms with Gasteiger partial charge in [0.15, 0.2) is 0 Å². The lowest BCUT2D eigenvalue weighted by molar-refractivity contribution is 0.0697. The third-order valence-corrected chi connectivity index (χ3v) is 3.66. The average molecular weight is 325 g/mol. The van der Waals surface area contributed by atoms with Gasteiger partial charge in [0.05, 0.1) is 10.6 Å². The number of ether oxygens (including phenoxy) is 1. The van der Waals surface area contributed by atoms with Crippen LogP contribution >= 0.6 is 11.6 Å². The van der Waals surface area contributed by atoms with Crippen molar-refractivity contribution in [1.82, 2.24) is 0 Å². The summed E-state index contributed by atoms with van der Waals surface area (Å²) in [6, 6.07) is 21.7. The first-order valence-electron chi connectivity index (χ1n) is 7.00. The summed E-state index contributed by atoms with van der Waals surface area (Å²) < 4.78 is 5.71. The van der Waals surface area contributed by atoms with Crippen molar-refractivity contribution >= 4 is 17.6 Å². The van der Waals surface area contributed by atoms with E-state index in [1.165, 1.54) is 12.1 Å². The molecule has 3 nitrogen and oxygen atoms in total. The molecule has 0 aromatic heterocycles. The summed E-state index contributed by atoms with van der Waals surface area (Å²) in [5.41, 5.74) is 2.29. The summed E-state index contributed by atoms with van der Waals surface area (Å²) in [5, 5.41) is 9.38. The van der Waals surface area contributed by atoms with E-state index in [0.717, 1.165) is 11.1 Å². The molecule has 0 aliphatic heterocycles. The van der Waals surface area contributed by atoms with Gasteiger partial charge in [0.2, 0.25) is 0 Å².